The number of benzene rings is 2. The van der Waals surface area contributed by atoms with Gasteiger partial charge in [0.05, 0.1) is 14.2 Å². The molecule has 8 nitrogen and oxygen atoms in total. The number of oxazole rings is 1. The lowest BCUT2D eigenvalue weighted by molar-refractivity contribution is 0.386. The number of anilines is 1. The van der Waals surface area contributed by atoms with Crippen LogP contribution < -0.4 is 21.0 Å². The van der Waals surface area contributed by atoms with E-state index < -0.39 is 15.8 Å². The van der Waals surface area contributed by atoms with Crippen molar-refractivity contribution in [2.24, 2.45) is 0 Å². The van der Waals surface area contributed by atoms with Crippen LogP contribution >= 0.6 is 0 Å². The average molecular weight is 350 g/mol. The van der Waals surface area contributed by atoms with Crippen molar-refractivity contribution in [3.63, 3.8) is 0 Å². The molecule has 0 aliphatic heterocycles. The first kappa shape index (κ1) is 15.9. The third kappa shape index (κ3) is 2.38. The van der Waals surface area contributed by atoms with Crippen LogP contribution in [0.5, 0.6) is 11.5 Å². The van der Waals surface area contributed by atoms with Gasteiger partial charge in [-0.1, -0.05) is 0 Å². The molecule has 2 N–H and O–H groups in total. The summed E-state index contributed by atoms with van der Waals surface area (Å²) in [5.74, 6) is -0.567. The first-order chi connectivity index (χ1) is 11.4. The molecule has 0 radical (unpaired) electrons. The van der Waals surface area contributed by atoms with E-state index in [1.54, 1.807) is 0 Å². The van der Waals surface area contributed by atoms with E-state index in [-0.39, 0.29) is 21.7 Å². The zero-order valence-corrected chi connectivity index (χ0v) is 13.7. The van der Waals surface area contributed by atoms with E-state index in [9.17, 15) is 13.2 Å². The number of nitrogens with two attached hydrogens (primary N) is 1. The summed E-state index contributed by atoms with van der Waals surface area (Å²) in [5.41, 5.74) is 6.15. The quantitative estimate of drug-likeness (QED) is 0.708. The molecule has 0 saturated heterocycles. The predicted octanol–water partition coefficient (Wildman–Crippen LogP) is 1.43. The molecule has 0 unspecified atom stereocenters. The van der Waals surface area contributed by atoms with Crippen LogP contribution in [0.15, 0.2) is 50.5 Å². The van der Waals surface area contributed by atoms with Crippen molar-refractivity contribution in [3.05, 3.63) is 46.9 Å². The van der Waals surface area contributed by atoms with Gasteiger partial charge in [-0.15, -0.1) is 0 Å². The van der Waals surface area contributed by atoms with Gasteiger partial charge in [-0.05, 0) is 24.3 Å². The molecule has 1 heterocycles. The molecule has 0 fully saturated rings. The summed E-state index contributed by atoms with van der Waals surface area (Å²) in [6.45, 7) is 0. The molecule has 3 rings (SSSR count). The molecule has 0 atom stereocenters. The maximum atomic E-state index is 12.9. The van der Waals surface area contributed by atoms with Gasteiger partial charge in [-0.2, -0.15) is 3.97 Å². The van der Waals surface area contributed by atoms with Crippen LogP contribution in [0.3, 0.4) is 0 Å². The Hall–Kier alpha value is -2.94. The fraction of sp³-hybridized carbons (Fsp3) is 0.133. The Kier molecular flexibility index (Phi) is 3.72. The third-order valence-electron chi connectivity index (χ3n) is 3.45. The minimum absolute atomic E-state index is 0.0473. The summed E-state index contributed by atoms with van der Waals surface area (Å²) in [6.07, 6.45) is 0. The topological polar surface area (TPSA) is 114 Å². The molecule has 9 heteroatoms. The minimum Gasteiger partial charge on any atom is -0.497 e. The van der Waals surface area contributed by atoms with E-state index in [0.717, 1.165) is 0 Å². The molecule has 0 aliphatic rings. The normalized spacial score (nSPS) is 11.6. The van der Waals surface area contributed by atoms with Crippen LogP contribution in [0.1, 0.15) is 0 Å². The van der Waals surface area contributed by atoms with Gasteiger partial charge < -0.3 is 19.6 Å². The Morgan fingerprint density at radius 2 is 1.83 bits per heavy atom. The minimum atomic E-state index is -4.24. The molecule has 0 bridgehead atoms. The Balaban J connectivity index is 2.30. The molecule has 0 amide bonds. The number of aromatic nitrogens is 1. The Morgan fingerprint density at radius 1 is 1.08 bits per heavy atom. The first-order valence-electron chi connectivity index (χ1n) is 6.77. The fourth-order valence-corrected chi connectivity index (χ4v) is 3.80. The SMILES string of the molecule is COc1ccc(S(=O)(=O)n2c(=O)oc3cc(N)ccc32)c(OC)c1. The second-order valence-corrected chi connectivity index (χ2v) is 6.64. The summed E-state index contributed by atoms with van der Waals surface area (Å²) in [6, 6.07) is 8.44. The number of hydrogen-bond acceptors (Lipinski definition) is 7. The van der Waals surface area contributed by atoms with Crippen molar-refractivity contribution in [1.82, 2.24) is 3.97 Å². The van der Waals surface area contributed by atoms with Crippen molar-refractivity contribution in [2.45, 2.75) is 4.90 Å². The van der Waals surface area contributed by atoms with Crippen LogP contribution in [0.4, 0.5) is 5.69 Å². The van der Waals surface area contributed by atoms with E-state index in [1.807, 2.05) is 0 Å². The fourth-order valence-electron chi connectivity index (χ4n) is 2.33. The highest BCUT2D eigenvalue weighted by molar-refractivity contribution is 7.90. The van der Waals surface area contributed by atoms with E-state index in [0.29, 0.717) is 15.4 Å². The number of nitrogen functional groups attached to an aromatic ring is 1. The van der Waals surface area contributed by atoms with Crippen molar-refractivity contribution in [3.8, 4) is 11.5 Å². The first-order valence-corrected chi connectivity index (χ1v) is 8.21. The van der Waals surface area contributed by atoms with Gasteiger partial charge in [0, 0.05) is 17.8 Å². The molecule has 3 aromatic rings. The van der Waals surface area contributed by atoms with Gasteiger partial charge in [0.2, 0.25) is 0 Å². The maximum absolute atomic E-state index is 12.9. The van der Waals surface area contributed by atoms with E-state index in [4.69, 9.17) is 19.6 Å². The Labute approximate surface area is 137 Å². The number of methoxy groups -OCH3 is 2. The largest absolute Gasteiger partial charge is 0.497 e. The van der Waals surface area contributed by atoms with Crippen molar-refractivity contribution in [2.75, 3.05) is 20.0 Å². The van der Waals surface area contributed by atoms with Crippen LogP contribution in [0.25, 0.3) is 11.1 Å². The lowest BCUT2D eigenvalue weighted by Gasteiger charge is -2.11. The van der Waals surface area contributed by atoms with Gasteiger partial charge in [-0.25, -0.2) is 13.2 Å². The van der Waals surface area contributed by atoms with Crippen LogP contribution in [-0.2, 0) is 10.0 Å². The number of fused-ring (bicyclic) bond motifs is 1. The lowest BCUT2D eigenvalue weighted by atomic mass is 10.3. The smallest absolute Gasteiger partial charge is 0.434 e. The molecule has 0 aliphatic carbocycles. The summed E-state index contributed by atoms with van der Waals surface area (Å²) in [7, 11) is -1.47. The number of hydrogen-bond donors (Lipinski definition) is 1. The van der Waals surface area contributed by atoms with Gasteiger partial charge in [0.1, 0.15) is 21.9 Å². The molecule has 0 spiro atoms. The highest BCUT2D eigenvalue weighted by Gasteiger charge is 2.27. The molecule has 126 valence electrons. The maximum Gasteiger partial charge on any atom is 0.434 e. The lowest BCUT2D eigenvalue weighted by Crippen LogP contribution is -2.24. The summed E-state index contributed by atoms with van der Waals surface area (Å²) in [5, 5.41) is 0. The molecule has 2 aromatic carbocycles. The number of ether oxygens (including phenoxy) is 2. The molecular weight excluding hydrogens is 336 g/mol. The molecule has 24 heavy (non-hydrogen) atoms. The summed E-state index contributed by atoms with van der Waals surface area (Å²) in [4.78, 5) is 11.9. The Bertz CT molecular complexity index is 1080. The van der Waals surface area contributed by atoms with Crippen molar-refractivity contribution in [1.29, 1.82) is 0 Å². The molecule has 0 saturated carbocycles. The van der Waals surface area contributed by atoms with Gasteiger partial charge in [0.25, 0.3) is 10.0 Å². The van der Waals surface area contributed by atoms with E-state index in [1.165, 1.54) is 50.6 Å². The molecule has 1 aromatic heterocycles. The van der Waals surface area contributed by atoms with Crippen molar-refractivity contribution >= 4 is 26.8 Å². The molecular formula is C15H14N2O6S. The number of nitrogens with zero attached hydrogens (tertiary/aromatic N) is 1. The zero-order valence-electron chi connectivity index (χ0n) is 12.8. The predicted molar refractivity (Wildman–Crippen MR) is 87.0 cm³/mol. The summed E-state index contributed by atoms with van der Waals surface area (Å²) < 4.78 is 41.6. The van der Waals surface area contributed by atoms with Gasteiger partial charge in [0.15, 0.2) is 5.58 Å². The zero-order chi connectivity index (χ0) is 17.5. The third-order valence-corrected chi connectivity index (χ3v) is 5.17. The van der Waals surface area contributed by atoms with E-state index in [2.05, 4.69) is 0 Å². The Morgan fingerprint density at radius 3 is 2.50 bits per heavy atom. The summed E-state index contributed by atoms with van der Waals surface area (Å²) >= 11 is 0. The average Bonchev–Trinajstić information content (AvgIpc) is 2.89. The highest BCUT2D eigenvalue weighted by atomic mass is 32.2. The second-order valence-electron chi connectivity index (χ2n) is 4.88. The number of rotatable bonds is 4. The van der Waals surface area contributed by atoms with Crippen LogP contribution in [0, 0.1) is 0 Å². The van der Waals surface area contributed by atoms with Crippen LogP contribution in [-0.4, -0.2) is 26.6 Å². The van der Waals surface area contributed by atoms with Crippen LogP contribution in [0.2, 0.25) is 0 Å². The van der Waals surface area contributed by atoms with Gasteiger partial charge >= 0.3 is 5.76 Å². The van der Waals surface area contributed by atoms with Gasteiger partial charge in [-0.3, -0.25) is 0 Å². The highest BCUT2D eigenvalue weighted by Crippen LogP contribution is 2.31. The van der Waals surface area contributed by atoms with Crippen molar-refractivity contribution < 1.29 is 22.3 Å². The van der Waals surface area contributed by atoms with E-state index >= 15 is 0 Å². The monoisotopic (exact) mass is 350 g/mol. The second kappa shape index (κ2) is 5.60. The standard InChI is InChI=1S/C15H14N2O6S/c1-21-10-4-6-14(13(8-10)22-2)24(19,20)17-11-5-3-9(16)7-12(11)23-15(17)18/h3-8H,16H2,1-2H3.